The fraction of sp³-hybridized carbons (Fsp3) is 0.174. The Morgan fingerprint density at radius 3 is 1.82 bits per heavy atom. The minimum atomic E-state index is -0.457. The predicted octanol–water partition coefficient (Wildman–Crippen LogP) is 5.11. The molecule has 1 atom stereocenters. The van der Waals surface area contributed by atoms with Crippen LogP contribution in [0.15, 0.2) is 66.7 Å². The van der Waals surface area contributed by atoms with Crippen LogP contribution in [0.3, 0.4) is 0 Å². The van der Waals surface area contributed by atoms with Crippen molar-refractivity contribution in [2.75, 3.05) is 26.6 Å². The molecule has 0 radical (unpaired) electrons. The van der Waals surface area contributed by atoms with Crippen LogP contribution in [-0.4, -0.2) is 21.3 Å². The molecule has 0 bridgehead atoms. The summed E-state index contributed by atoms with van der Waals surface area (Å²) in [5, 5.41) is 13.3. The van der Waals surface area contributed by atoms with Gasteiger partial charge in [-0.05, 0) is 60.2 Å². The first-order chi connectivity index (χ1) is 13.7. The second-order valence-corrected chi connectivity index (χ2v) is 6.14. The van der Waals surface area contributed by atoms with Crippen LogP contribution in [0.5, 0.6) is 17.2 Å². The van der Waals surface area contributed by atoms with Gasteiger partial charge in [0, 0.05) is 16.9 Å². The van der Waals surface area contributed by atoms with E-state index in [1.807, 2.05) is 66.7 Å². The largest absolute Gasteiger partial charge is 0.497 e. The molecule has 0 spiro atoms. The molecule has 3 rings (SSSR count). The minimum absolute atomic E-state index is 0.457. The molecule has 0 heterocycles. The van der Waals surface area contributed by atoms with Gasteiger partial charge in [0.15, 0.2) is 0 Å². The fourth-order valence-corrected chi connectivity index (χ4v) is 2.97. The Bertz CT molecular complexity index is 961. The number of hydrogen-bond donors (Lipinski definition) is 1. The number of nitriles is 1. The average molecular weight is 374 g/mol. The van der Waals surface area contributed by atoms with Gasteiger partial charge in [0.2, 0.25) is 0 Å². The van der Waals surface area contributed by atoms with Gasteiger partial charge < -0.3 is 19.5 Å². The van der Waals surface area contributed by atoms with Gasteiger partial charge in [0.1, 0.15) is 17.2 Å². The summed E-state index contributed by atoms with van der Waals surface area (Å²) in [7, 11) is 4.87. The zero-order chi connectivity index (χ0) is 19.9. The molecule has 5 heteroatoms. The van der Waals surface area contributed by atoms with Crippen molar-refractivity contribution >= 4 is 11.4 Å². The molecule has 5 nitrogen and oxygen atoms in total. The molecule has 3 aromatic rings. The maximum absolute atomic E-state index is 9.92. The lowest BCUT2D eigenvalue weighted by Crippen LogP contribution is -2.04. The molecule has 0 aliphatic carbocycles. The van der Waals surface area contributed by atoms with Crippen LogP contribution in [0.1, 0.15) is 17.0 Å². The first-order valence-electron chi connectivity index (χ1n) is 8.81. The number of hydrogen-bond acceptors (Lipinski definition) is 5. The van der Waals surface area contributed by atoms with Crippen LogP contribution in [0.2, 0.25) is 0 Å². The van der Waals surface area contributed by atoms with Gasteiger partial charge in [-0.1, -0.05) is 12.1 Å². The van der Waals surface area contributed by atoms with Crippen molar-refractivity contribution in [1.82, 2.24) is 0 Å². The first-order valence-corrected chi connectivity index (χ1v) is 8.81. The van der Waals surface area contributed by atoms with Gasteiger partial charge in [-0.25, -0.2) is 0 Å². The third-order valence-electron chi connectivity index (χ3n) is 4.52. The van der Waals surface area contributed by atoms with E-state index in [1.165, 1.54) is 0 Å². The number of anilines is 2. The van der Waals surface area contributed by atoms with E-state index in [9.17, 15) is 5.26 Å². The van der Waals surface area contributed by atoms with Crippen LogP contribution in [0.25, 0.3) is 0 Å². The molecule has 1 unspecified atom stereocenters. The van der Waals surface area contributed by atoms with Crippen LogP contribution >= 0.6 is 0 Å². The maximum atomic E-state index is 9.92. The van der Waals surface area contributed by atoms with E-state index < -0.39 is 5.92 Å². The molecule has 3 aromatic carbocycles. The fourth-order valence-electron chi connectivity index (χ4n) is 2.97. The van der Waals surface area contributed by atoms with Gasteiger partial charge in [-0.15, -0.1) is 0 Å². The highest BCUT2D eigenvalue weighted by Crippen LogP contribution is 2.35. The molecule has 0 aliphatic heterocycles. The van der Waals surface area contributed by atoms with Crippen LogP contribution < -0.4 is 19.5 Å². The summed E-state index contributed by atoms with van der Waals surface area (Å²) in [5.41, 5.74) is 3.46. The molecule has 1 N–H and O–H groups in total. The second-order valence-electron chi connectivity index (χ2n) is 6.14. The smallest absolute Gasteiger partial charge is 0.119 e. The SMILES string of the molecule is COc1ccc(Nc2ccc(OC)cc2C(C#N)c2ccc(OC)cc2)cc1. The number of ether oxygens (including phenoxy) is 3. The summed E-state index contributed by atoms with van der Waals surface area (Å²) < 4.78 is 15.8. The number of nitrogens with zero attached hydrogens (tertiary/aromatic N) is 1. The van der Waals surface area contributed by atoms with Crippen molar-refractivity contribution in [2.45, 2.75) is 5.92 Å². The lowest BCUT2D eigenvalue weighted by atomic mass is 9.91. The zero-order valence-electron chi connectivity index (χ0n) is 16.1. The number of methoxy groups -OCH3 is 3. The summed E-state index contributed by atoms with van der Waals surface area (Å²) in [4.78, 5) is 0. The third-order valence-corrected chi connectivity index (χ3v) is 4.52. The van der Waals surface area contributed by atoms with E-state index in [0.29, 0.717) is 5.75 Å². The summed E-state index contributed by atoms with van der Waals surface area (Å²) >= 11 is 0. The van der Waals surface area contributed by atoms with Gasteiger partial charge in [0.05, 0.1) is 33.3 Å². The number of rotatable bonds is 7. The first kappa shape index (κ1) is 19.1. The third kappa shape index (κ3) is 4.18. The minimum Gasteiger partial charge on any atom is -0.497 e. The Morgan fingerprint density at radius 1 is 0.750 bits per heavy atom. The van der Waals surface area contributed by atoms with Crippen LogP contribution in [0, 0.1) is 11.3 Å². The van der Waals surface area contributed by atoms with Crippen molar-refractivity contribution in [3.05, 3.63) is 77.9 Å². The van der Waals surface area contributed by atoms with E-state index in [4.69, 9.17) is 14.2 Å². The molecule has 0 aliphatic rings. The number of benzene rings is 3. The maximum Gasteiger partial charge on any atom is 0.119 e. The highest BCUT2D eigenvalue weighted by molar-refractivity contribution is 5.67. The van der Waals surface area contributed by atoms with E-state index in [0.717, 1.165) is 34.0 Å². The van der Waals surface area contributed by atoms with Crippen molar-refractivity contribution in [3.63, 3.8) is 0 Å². The molecule has 0 fully saturated rings. The topological polar surface area (TPSA) is 63.5 Å². The van der Waals surface area contributed by atoms with Gasteiger partial charge in [0.25, 0.3) is 0 Å². The van der Waals surface area contributed by atoms with Crippen molar-refractivity contribution < 1.29 is 14.2 Å². The Labute approximate surface area is 165 Å². The molecular formula is C23H22N2O3. The quantitative estimate of drug-likeness (QED) is 0.622. The van der Waals surface area contributed by atoms with Crippen molar-refractivity contribution in [3.8, 4) is 23.3 Å². The predicted molar refractivity (Wildman–Crippen MR) is 110 cm³/mol. The Kier molecular flexibility index (Phi) is 6.03. The van der Waals surface area contributed by atoms with Gasteiger partial charge >= 0.3 is 0 Å². The van der Waals surface area contributed by atoms with Crippen LogP contribution in [0.4, 0.5) is 11.4 Å². The summed E-state index contributed by atoms with van der Waals surface area (Å²) in [6, 6.07) is 23.3. The normalized spacial score (nSPS) is 11.2. The Morgan fingerprint density at radius 2 is 1.29 bits per heavy atom. The lowest BCUT2D eigenvalue weighted by Gasteiger charge is -2.18. The van der Waals surface area contributed by atoms with E-state index in [1.54, 1.807) is 21.3 Å². The summed E-state index contributed by atoms with van der Waals surface area (Å²) in [6.45, 7) is 0. The van der Waals surface area contributed by atoms with Crippen molar-refractivity contribution in [1.29, 1.82) is 5.26 Å². The molecule has 0 amide bonds. The number of nitrogens with one attached hydrogen (secondary N) is 1. The molecule has 0 saturated carbocycles. The Balaban J connectivity index is 1.99. The second kappa shape index (κ2) is 8.83. The molecular weight excluding hydrogens is 352 g/mol. The van der Waals surface area contributed by atoms with E-state index in [-0.39, 0.29) is 0 Å². The Hall–Kier alpha value is -3.65. The van der Waals surface area contributed by atoms with Gasteiger partial charge in [-0.2, -0.15) is 5.26 Å². The average Bonchev–Trinajstić information content (AvgIpc) is 2.76. The highest BCUT2D eigenvalue weighted by Gasteiger charge is 2.19. The van der Waals surface area contributed by atoms with Crippen molar-refractivity contribution in [2.24, 2.45) is 0 Å². The molecule has 0 aromatic heterocycles. The summed E-state index contributed by atoms with van der Waals surface area (Å²) in [5.74, 6) is 1.78. The standard InChI is InChI=1S/C23H22N2O3/c1-26-18-8-4-16(5-9-18)22(15-24)21-14-20(28-3)12-13-23(21)25-17-6-10-19(27-2)11-7-17/h4-14,22,25H,1-3H3. The molecule has 142 valence electrons. The highest BCUT2D eigenvalue weighted by atomic mass is 16.5. The molecule has 0 saturated heterocycles. The summed E-state index contributed by atoms with van der Waals surface area (Å²) in [6.07, 6.45) is 0. The van der Waals surface area contributed by atoms with E-state index >= 15 is 0 Å². The molecule has 28 heavy (non-hydrogen) atoms. The van der Waals surface area contributed by atoms with E-state index in [2.05, 4.69) is 11.4 Å². The monoisotopic (exact) mass is 374 g/mol. The van der Waals surface area contributed by atoms with Crippen LogP contribution in [-0.2, 0) is 0 Å². The zero-order valence-corrected chi connectivity index (χ0v) is 16.1. The lowest BCUT2D eigenvalue weighted by molar-refractivity contribution is 0.414. The van der Waals surface area contributed by atoms with Gasteiger partial charge in [-0.3, -0.25) is 0 Å².